The van der Waals surface area contributed by atoms with Crippen LogP contribution in [0.2, 0.25) is 0 Å². The van der Waals surface area contributed by atoms with Crippen molar-refractivity contribution in [3.63, 3.8) is 0 Å². The van der Waals surface area contributed by atoms with Crippen molar-refractivity contribution in [3.05, 3.63) is 82.1 Å². The second-order valence-corrected chi connectivity index (χ2v) is 7.42. The molecular formula is C20H20O2S. The van der Waals surface area contributed by atoms with E-state index in [2.05, 4.69) is 19.1 Å². The molecule has 2 aromatic rings. The molecule has 0 spiro atoms. The molecule has 0 bridgehead atoms. The lowest BCUT2D eigenvalue weighted by Gasteiger charge is -2.23. The van der Waals surface area contributed by atoms with Crippen molar-refractivity contribution < 1.29 is 9.66 Å². The molecule has 0 saturated heterocycles. The second kappa shape index (κ2) is 6.26. The summed E-state index contributed by atoms with van der Waals surface area (Å²) < 4.78 is 12.7. The summed E-state index contributed by atoms with van der Waals surface area (Å²) in [6.07, 6.45) is 1.66. The van der Waals surface area contributed by atoms with Crippen LogP contribution in [0.5, 0.6) is 0 Å². The first-order valence-corrected chi connectivity index (χ1v) is 8.95. The van der Waals surface area contributed by atoms with Gasteiger partial charge in [0.1, 0.15) is 11.5 Å². The lowest BCUT2D eigenvalue weighted by molar-refractivity contribution is 0.434. The standard InChI is InChI=1S/C20H20O2S/c1-13-9-14(2)20(15(3)10-13)17-12-23(22)19(11-18(17)21)16-7-5-4-6-8-16/h4-11,21H,12H2,1-3H3. The van der Waals surface area contributed by atoms with Gasteiger partial charge in [0.15, 0.2) is 4.91 Å². The summed E-state index contributed by atoms with van der Waals surface area (Å²) in [7, 11) is 0. The number of rotatable bonds is 2. The van der Waals surface area contributed by atoms with Gasteiger partial charge in [0.2, 0.25) is 0 Å². The number of aliphatic hydroxyl groups is 1. The highest BCUT2D eigenvalue weighted by molar-refractivity contribution is 8.01. The molecule has 1 atom stereocenters. The minimum atomic E-state index is -1.16. The molecule has 3 heteroatoms. The molecule has 0 aliphatic carbocycles. The summed E-state index contributed by atoms with van der Waals surface area (Å²) >= 11 is -1.16. The number of hydrogen-bond acceptors (Lipinski definition) is 2. The van der Waals surface area contributed by atoms with E-state index in [-0.39, 0.29) is 5.76 Å². The Hall–Kier alpha value is -1.97. The van der Waals surface area contributed by atoms with Gasteiger partial charge in [-0.05, 0) is 60.8 Å². The predicted molar refractivity (Wildman–Crippen MR) is 97.6 cm³/mol. The van der Waals surface area contributed by atoms with Crippen molar-refractivity contribution in [2.24, 2.45) is 0 Å². The molecule has 0 aromatic heterocycles. The predicted octanol–water partition coefficient (Wildman–Crippen LogP) is 4.68. The number of aryl methyl sites for hydroxylation is 3. The van der Waals surface area contributed by atoms with Crippen LogP contribution in [-0.2, 0) is 11.2 Å². The van der Waals surface area contributed by atoms with Crippen LogP contribution in [0.25, 0.3) is 10.5 Å². The van der Waals surface area contributed by atoms with Gasteiger partial charge in [0, 0.05) is 11.6 Å². The topological polar surface area (TPSA) is 43.3 Å². The van der Waals surface area contributed by atoms with Crippen LogP contribution < -0.4 is 0 Å². The molecule has 0 amide bonds. The van der Waals surface area contributed by atoms with Crippen molar-refractivity contribution in [2.75, 3.05) is 5.75 Å². The Morgan fingerprint density at radius 3 is 2.22 bits per heavy atom. The fourth-order valence-electron chi connectivity index (χ4n) is 3.23. The van der Waals surface area contributed by atoms with Crippen molar-refractivity contribution >= 4 is 21.7 Å². The Bertz CT molecular complexity index is 781. The Morgan fingerprint density at radius 1 is 1.00 bits per heavy atom. The fraction of sp³-hybridized carbons (Fsp3) is 0.200. The van der Waals surface area contributed by atoms with Gasteiger partial charge in [-0.2, -0.15) is 0 Å². The van der Waals surface area contributed by atoms with Crippen LogP contribution in [0.4, 0.5) is 0 Å². The van der Waals surface area contributed by atoms with Gasteiger partial charge in [-0.15, -0.1) is 0 Å². The highest BCUT2D eigenvalue weighted by Gasteiger charge is 2.28. The smallest absolute Gasteiger partial charge is 0.163 e. The van der Waals surface area contributed by atoms with Crippen LogP contribution in [0.3, 0.4) is 0 Å². The van der Waals surface area contributed by atoms with E-state index >= 15 is 0 Å². The fourth-order valence-corrected chi connectivity index (χ4v) is 4.59. The van der Waals surface area contributed by atoms with E-state index in [9.17, 15) is 9.66 Å². The quantitative estimate of drug-likeness (QED) is 0.815. The molecule has 1 heterocycles. The molecule has 3 rings (SSSR count). The van der Waals surface area contributed by atoms with Crippen LogP contribution in [0.15, 0.2) is 54.3 Å². The molecular weight excluding hydrogens is 304 g/mol. The van der Waals surface area contributed by atoms with E-state index in [1.807, 2.05) is 44.2 Å². The zero-order valence-corrected chi connectivity index (χ0v) is 14.4. The average Bonchev–Trinajstić information content (AvgIpc) is 2.50. The maximum Gasteiger partial charge on any atom is 0.163 e. The third kappa shape index (κ3) is 3.07. The average molecular weight is 324 g/mol. The lowest BCUT2D eigenvalue weighted by Crippen LogP contribution is -2.17. The Kier molecular flexibility index (Phi) is 4.33. The molecule has 1 aliphatic rings. The second-order valence-electron chi connectivity index (χ2n) is 6.00. The van der Waals surface area contributed by atoms with Crippen LogP contribution >= 0.6 is 0 Å². The highest BCUT2D eigenvalue weighted by Crippen LogP contribution is 2.36. The maximum atomic E-state index is 12.7. The summed E-state index contributed by atoms with van der Waals surface area (Å²) in [4.78, 5) is 0.689. The van der Waals surface area contributed by atoms with Gasteiger partial charge in [-0.3, -0.25) is 0 Å². The zero-order valence-electron chi connectivity index (χ0n) is 13.6. The summed E-state index contributed by atoms with van der Waals surface area (Å²) in [5.41, 5.74) is 6.10. The van der Waals surface area contributed by atoms with E-state index in [1.54, 1.807) is 6.08 Å². The molecule has 1 N–H and O–H groups in total. The lowest BCUT2D eigenvalue weighted by atomic mass is 9.93. The first-order valence-electron chi connectivity index (χ1n) is 7.63. The van der Waals surface area contributed by atoms with E-state index in [1.165, 1.54) is 5.56 Å². The van der Waals surface area contributed by atoms with Crippen LogP contribution in [0.1, 0.15) is 27.8 Å². The third-order valence-electron chi connectivity index (χ3n) is 4.13. The van der Waals surface area contributed by atoms with E-state index in [4.69, 9.17) is 0 Å². The first-order chi connectivity index (χ1) is 11.0. The molecule has 1 aliphatic heterocycles. The largest absolute Gasteiger partial charge is 0.611 e. The minimum Gasteiger partial charge on any atom is -0.611 e. The first kappa shape index (κ1) is 15.9. The molecule has 23 heavy (non-hydrogen) atoms. The molecule has 2 aromatic carbocycles. The van der Waals surface area contributed by atoms with E-state index < -0.39 is 11.2 Å². The maximum absolute atomic E-state index is 12.7. The third-order valence-corrected chi connectivity index (χ3v) is 5.53. The molecule has 0 fully saturated rings. The highest BCUT2D eigenvalue weighted by atomic mass is 32.2. The number of benzene rings is 2. The molecule has 0 radical (unpaired) electrons. The monoisotopic (exact) mass is 324 g/mol. The number of aliphatic hydroxyl groups excluding tert-OH is 1. The van der Waals surface area contributed by atoms with Gasteiger partial charge < -0.3 is 9.66 Å². The van der Waals surface area contributed by atoms with Gasteiger partial charge in [0.05, 0.1) is 5.57 Å². The Morgan fingerprint density at radius 2 is 1.61 bits per heavy atom. The SMILES string of the molecule is Cc1cc(C)c(C2=C(O)C=C(c3ccccc3)[S+]([O-])C2)c(C)c1. The van der Waals surface area contributed by atoms with Crippen LogP contribution in [-0.4, -0.2) is 15.4 Å². The summed E-state index contributed by atoms with van der Waals surface area (Å²) in [5.74, 6) is 0.565. The molecule has 1 unspecified atom stereocenters. The van der Waals surface area contributed by atoms with Crippen molar-refractivity contribution in [3.8, 4) is 0 Å². The van der Waals surface area contributed by atoms with Gasteiger partial charge in [-0.25, -0.2) is 0 Å². The minimum absolute atomic E-state index is 0.221. The summed E-state index contributed by atoms with van der Waals surface area (Å²) in [5, 5.41) is 10.6. The van der Waals surface area contributed by atoms with Gasteiger partial charge in [-0.1, -0.05) is 35.9 Å². The summed E-state index contributed by atoms with van der Waals surface area (Å²) in [6, 6.07) is 13.8. The normalized spacial score (nSPS) is 18.1. The number of hydrogen-bond donors (Lipinski definition) is 1. The number of allylic oxidation sites excluding steroid dienone is 1. The van der Waals surface area contributed by atoms with Crippen molar-refractivity contribution in [2.45, 2.75) is 20.8 Å². The van der Waals surface area contributed by atoms with Crippen LogP contribution in [0, 0.1) is 20.8 Å². The van der Waals surface area contributed by atoms with E-state index in [0.29, 0.717) is 10.7 Å². The van der Waals surface area contributed by atoms with Gasteiger partial charge in [0.25, 0.3) is 0 Å². The van der Waals surface area contributed by atoms with E-state index in [0.717, 1.165) is 27.8 Å². The van der Waals surface area contributed by atoms with Crippen molar-refractivity contribution in [1.29, 1.82) is 0 Å². The molecule has 0 saturated carbocycles. The van der Waals surface area contributed by atoms with Gasteiger partial charge >= 0.3 is 0 Å². The molecule has 2 nitrogen and oxygen atoms in total. The Balaban J connectivity index is 2.11. The zero-order chi connectivity index (χ0) is 16.6. The molecule has 118 valence electrons. The summed E-state index contributed by atoms with van der Waals surface area (Å²) in [6.45, 7) is 6.13. The van der Waals surface area contributed by atoms with Crippen molar-refractivity contribution in [1.82, 2.24) is 0 Å². The Labute approximate surface area is 140 Å².